The summed E-state index contributed by atoms with van der Waals surface area (Å²) in [5, 5.41) is 2.14. The lowest BCUT2D eigenvalue weighted by molar-refractivity contribution is 0.679. The molecule has 0 aliphatic rings. The Balaban J connectivity index is 1.43. The van der Waals surface area contributed by atoms with E-state index in [0.29, 0.717) is 0 Å². The Morgan fingerprint density at radius 3 is 2.11 bits per heavy atom. The van der Waals surface area contributed by atoms with E-state index in [1.54, 1.807) is 0 Å². The average Bonchev–Trinajstić information content (AvgIpc) is 3.59. The molecule has 6 heteroatoms. The minimum atomic E-state index is -1.38. The number of para-hydroxylation sites is 5. The molecule has 8 rings (SSSR count). The summed E-state index contributed by atoms with van der Waals surface area (Å²) in [5.74, 6) is 0.874. The van der Waals surface area contributed by atoms with Crippen molar-refractivity contribution in [3.8, 4) is 5.69 Å². The molecule has 0 N–H and O–H groups in total. The highest BCUT2D eigenvalue weighted by Crippen LogP contribution is 2.35. The highest BCUT2D eigenvalue weighted by Gasteiger charge is 2.20. The summed E-state index contributed by atoms with van der Waals surface area (Å²) in [5.41, 5.74) is 8.31. The molecule has 0 fully saturated rings. The SMILES string of the molecule is Cc1ccc(S(=O)n2c3ccccc3c3cc(-n4c5ccccc5n5c6ccccc6nc45)ccc32)cc1. The van der Waals surface area contributed by atoms with Crippen LogP contribution in [0.15, 0.2) is 120 Å². The maximum Gasteiger partial charge on any atom is 0.220 e. The first-order chi connectivity index (χ1) is 18.7. The van der Waals surface area contributed by atoms with Gasteiger partial charge >= 0.3 is 0 Å². The van der Waals surface area contributed by atoms with Crippen molar-refractivity contribution in [2.75, 3.05) is 0 Å². The summed E-state index contributed by atoms with van der Waals surface area (Å²) in [6, 6.07) is 39.2. The van der Waals surface area contributed by atoms with Crippen LogP contribution in [0.2, 0.25) is 0 Å². The maximum absolute atomic E-state index is 13.9. The molecule has 8 aromatic rings. The standard InChI is InChI=1S/C32H22N4OS/c1-21-14-17-23(18-15-21)38(37)36-27-10-4-2-8-24(27)25-20-22(16-19-28(25)36)34-30-12-6-7-13-31(30)35-29-11-5-3-9-26(29)33-32(34)35/h2-20H,1H3. The van der Waals surface area contributed by atoms with Gasteiger partial charge in [0.1, 0.15) is 0 Å². The van der Waals surface area contributed by atoms with E-state index in [1.807, 2.05) is 59.4 Å². The van der Waals surface area contributed by atoms with Crippen LogP contribution in [0.3, 0.4) is 0 Å². The Morgan fingerprint density at radius 2 is 1.29 bits per heavy atom. The zero-order valence-corrected chi connectivity index (χ0v) is 21.4. The minimum Gasteiger partial charge on any atom is -0.278 e. The van der Waals surface area contributed by atoms with Gasteiger partial charge in [0.05, 0.1) is 38.0 Å². The fourth-order valence-electron chi connectivity index (χ4n) is 5.61. The van der Waals surface area contributed by atoms with E-state index in [0.717, 1.165) is 65.8 Å². The molecule has 182 valence electrons. The molecule has 0 spiro atoms. The average molecular weight is 511 g/mol. The molecule has 0 aliphatic heterocycles. The number of hydrogen-bond acceptors (Lipinski definition) is 2. The van der Waals surface area contributed by atoms with Crippen molar-refractivity contribution < 1.29 is 4.21 Å². The second-order valence-corrected chi connectivity index (χ2v) is 11.0. The Bertz CT molecular complexity index is 2220. The molecule has 1 unspecified atom stereocenters. The van der Waals surface area contributed by atoms with Crippen molar-refractivity contribution in [2.45, 2.75) is 11.8 Å². The van der Waals surface area contributed by atoms with Gasteiger partial charge in [0, 0.05) is 16.5 Å². The molecule has 1 atom stereocenters. The molecular formula is C32H22N4OS. The first kappa shape index (κ1) is 21.4. The molecule has 0 radical (unpaired) electrons. The van der Waals surface area contributed by atoms with E-state index in [1.165, 1.54) is 0 Å². The highest BCUT2D eigenvalue weighted by molar-refractivity contribution is 7.84. The molecule has 0 bridgehead atoms. The van der Waals surface area contributed by atoms with E-state index in [4.69, 9.17) is 4.98 Å². The number of aryl methyl sites for hydroxylation is 1. The normalized spacial score (nSPS) is 12.9. The third-order valence-electron chi connectivity index (χ3n) is 7.37. The van der Waals surface area contributed by atoms with Crippen LogP contribution < -0.4 is 0 Å². The molecule has 0 aliphatic carbocycles. The zero-order chi connectivity index (χ0) is 25.4. The van der Waals surface area contributed by atoms with Crippen molar-refractivity contribution in [1.82, 2.24) is 17.9 Å². The third-order valence-corrected chi connectivity index (χ3v) is 8.77. The fraction of sp³-hybridized carbons (Fsp3) is 0.0312. The van der Waals surface area contributed by atoms with Crippen LogP contribution in [-0.4, -0.2) is 22.1 Å². The second-order valence-electron chi connectivity index (χ2n) is 9.64. The van der Waals surface area contributed by atoms with Crippen molar-refractivity contribution in [1.29, 1.82) is 0 Å². The molecule has 5 nitrogen and oxygen atoms in total. The molecule has 5 aromatic carbocycles. The maximum atomic E-state index is 13.9. The zero-order valence-electron chi connectivity index (χ0n) is 20.6. The topological polar surface area (TPSA) is 44.2 Å². The van der Waals surface area contributed by atoms with Gasteiger partial charge in [-0.15, -0.1) is 0 Å². The van der Waals surface area contributed by atoms with Gasteiger partial charge in [-0.3, -0.25) is 12.9 Å². The number of imidazole rings is 2. The largest absolute Gasteiger partial charge is 0.278 e. The molecule has 3 heterocycles. The van der Waals surface area contributed by atoms with Crippen LogP contribution in [-0.2, 0) is 11.0 Å². The van der Waals surface area contributed by atoms with Crippen LogP contribution in [0.4, 0.5) is 0 Å². The smallest absolute Gasteiger partial charge is 0.220 e. The van der Waals surface area contributed by atoms with E-state index < -0.39 is 11.0 Å². The van der Waals surface area contributed by atoms with Crippen molar-refractivity contribution >= 4 is 60.6 Å². The predicted molar refractivity (Wildman–Crippen MR) is 156 cm³/mol. The number of nitrogens with zero attached hydrogens (tertiary/aromatic N) is 4. The Labute approximate surface area is 220 Å². The van der Waals surface area contributed by atoms with Gasteiger partial charge in [0.15, 0.2) is 11.0 Å². The molecule has 0 amide bonds. The van der Waals surface area contributed by atoms with Crippen LogP contribution in [0.25, 0.3) is 55.3 Å². The lowest BCUT2D eigenvalue weighted by atomic mass is 10.1. The quantitative estimate of drug-likeness (QED) is 0.248. The minimum absolute atomic E-state index is 0.782. The number of aromatic nitrogens is 4. The van der Waals surface area contributed by atoms with E-state index in [9.17, 15) is 4.21 Å². The molecule has 3 aromatic heterocycles. The van der Waals surface area contributed by atoms with Gasteiger partial charge in [-0.25, -0.2) is 9.19 Å². The summed E-state index contributed by atoms with van der Waals surface area (Å²) >= 11 is 0. The van der Waals surface area contributed by atoms with Gasteiger partial charge in [-0.1, -0.05) is 60.2 Å². The lowest BCUT2D eigenvalue weighted by Gasteiger charge is -2.09. The fourth-order valence-corrected chi connectivity index (χ4v) is 6.86. The van der Waals surface area contributed by atoms with Crippen molar-refractivity contribution in [3.05, 3.63) is 121 Å². The van der Waals surface area contributed by atoms with Crippen LogP contribution in [0.1, 0.15) is 5.56 Å². The first-order valence-corrected chi connectivity index (χ1v) is 13.7. The highest BCUT2D eigenvalue weighted by atomic mass is 32.2. The number of benzene rings is 5. The van der Waals surface area contributed by atoms with Gasteiger partial charge in [0.25, 0.3) is 0 Å². The van der Waals surface area contributed by atoms with Crippen LogP contribution in [0.5, 0.6) is 0 Å². The number of hydrogen-bond donors (Lipinski definition) is 0. The molecule has 0 saturated carbocycles. The lowest BCUT2D eigenvalue weighted by Crippen LogP contribution is -2.04. The summed E-state index contributed by atoms with van der Waals surface area (Å²) in [6.07, 6.45) is 0. The monoisotopic (exact) mass is 510 g/mol. The summed E-state index contributed by atoms with van der Waals surface area (Å²) < 4.78 is 20.3. The Hall–Kier alpha value is -4.68. The predicted octanol–water partition coefficient (Wildman–Crippen LogP) is 7.42. The Morgan fingerprint density at radius 1 is 0.632 bits per heavy atom. The first-order valence-electron chi connectivity index (χ1n) is 12.6. The van der Waals surface area contributed by atoms with E-state index in [-0.39, 0.29) is 0 Å². The summed E-state index contributed by atoms with van der Waals surface area (Å²) in [4.78, 5) is 5.81. The van der Waals surface area contributed by atoms with Crippen LogP contribution in [0, 0.1) is 6.92 Å². The Kier molecular flexibility index (Phi) is 4.46. The second kappa shape index (κ2) is 7.91. The molecule has 38 heavy (non-hydrogen) atoms. The van der Waals surface area contributed by atoms with E-state index in [2.05, 4.69) is 75.7 Å². The number of rotatable bonds is 3. The molecular weight excluding hydrogens is 488 g/mol. The summed E-state index contributed by atoms with van der Waals surface area (Å²) in [6.45, 7) is 2.04. The third kappa shape index (κ3) is 2.92. The molecule has 0 saturated heterocycles. The summed E-state index contributed by atoms with van der Waals surface area (Å²) in [7, 11) is -1.38. The van der Waals surface area contributed by atoms with Gasteiger partial charge in [0.2, 0.25) is 5.78 Å². The van der Waals surface area contributed by atoms with Gasteiger partial charge in [-0.2, -0.15) is 0 Å². The van der Waals surface area contributed by atoms with Gasteiger partial charge in [-0.05, 0) is 67.6 Å². The van der Waals surface area contributed by atoms with Crippen LogP contribution >= 0.6 is 0 Å². The van der Waals surface area contributed by atoms with Crippen molar-refractivity contribution in [2.24, 2.45) is 0 Å². The van der Waals surface area contributed by atoms with Gasteiger partial charge < -0.3 is 0 Å². The van der Waals surface area contributed by atoms with E-state index >= 15 is 0 Å². The van der Waals surface area contributed by atoms with Crippen molar-refractivity contribution in [3.63, 3.8) is 0 Å². The number of fused-ring (bicyclic) bond motifs is 8.